The highest BCUT2D eigenvalue weighted by molar-refractivity contribution is 5.56. The number of rotatable bonds is 1. The average molecular weight is 287 g/mol. The third-order valence-corrected chi connectivity index (χ3v) is 2.57. The summed E-state index contributed by atoms with van der Waals surface area (Å²) in [5, 5.41) is 27.8. The van der Waals surface area contributed by atoms with Gasteiger partial charge in [0.25, 0.3) is 5.56 Å². The predicted octanol–water partition coefficient (Wildman–Crippen LogP) is 1.97. The fourth-order valence-electron chi connectivity index (χ4n) is 1.59. The minimum Gasteiger partial charge on any atom is -0.504 e. The second-order valence-electron chi connectivity index (χ2n) is 3.96. The Labute approximate surface area is 109 Å². The molecular weight excluding hydrogens is 279 g/mol. The first kappa shape index (κ1) is 13.8. The molecule has 2 aromatic rings. The van der Waals surface area contributed by atoms with Gasteiger partial charge in [0.15, 0.2) is 17.2 Å². The van der Waals surface area contributed by atoms with E-state index in [2.05, 4.69) is 0 Å². The summed E-state index contributed by atoms with van der Waals surface area (Å²) in [5.74, 6) is -2.35. The van der Waals surface area contributed by atoms with Crippen molar-refractivity contribution in [2.45, 2.75) is 6.18 Å². The van der Waals surface area contributed by atoms with Crippen LogP contribution in [0.2, 0.25) is 0 Å². The van der Waals surface area contributed by atoms with E-state index in [4.69, 9.17) is 5.11 Å². The first-order valence-electron chi connectivity index (χ1n) is 5.25. The van der Waals surface area contributed by atoms with Crippen LogP contribution in [0.25, 0.3) is 5.69 Å². The van der Waals surface area contributed by atoms with E-state index in [9.17, 15) is 28.2 Å². The molecule has 0 aliphatic heterocycles. The van der Waals surface area contributed by atoms with Gasteiger partial charge in [0.05, 0.1) is 11.3 Å². The standard InChI is InChI=1S/C12H8F3NO4/c13-12(14,15)6-1-2-10(19)16(5-6)7-3-8(17)11(20)9(18)4-7/h1-5,17-18,20H. The number of pyridine rings is 1. The van der Waals surface area contributed by atoms with Crippen molar-refractivity contribution in [2.75, 3.05) is 0 Å². The molecule has 1 heterocycles. The first-order chi connectivity index (χ1) is 9.20. The van der Waals surface area contributed by atoms with Crippen LogP contribution in [0.4, 0.5) is 13.2 Å². The van der Waals surface area contributed by atoms with Gasteiger partial charge in [-0.25, -0.2) is 0 Å². The Balaban J connectivity index is 2.67. The fraction of sp³-hybridized carbons (Fsp3) is 0.0833. The maximum Gasteiger partial charge on any atom is 0.417 e. The lowest BCUT2D eigenvalue weighted by atomic mass is 10.2. The number of nitrogens with zero attached hydrogens (tertiary/aromatic N) is 1. The number of aromatic hydroxyl groups is 3. The number of alkyl halides is 3. The molecule has 0 aliphatic rings. The number of hydrogen-bond donors (Lipinski definition) is 3. The molecule has 0 saturated carbocycles. The van der Waals surface area contributed by atoms with E-state index in [1.807, 2.05) is 0 Å². The zero-order chi connectivity index (χ0) is 15.1. The van der Waals surface area contributed by atoms with E-state index in [1.54, 1.807) is 0 Å². The molecule has 0 unspecified atom stereocenters. The maximum absolute atomic E-state index is 12.6. The Morgan fingerprint density at radius 3 is 2.05 bits per heavy atom. The second kappa shape index (κ2) is 4.48. The Morgan fingerprint density at radius 1 is 1.00 bits per heavy atom. The molecule has 0 spiro atoms. The van der Waals surface area contributed by atoms with Crippen LogP contribution in [0.1, 0.15) is 5.56 Å². The summed E-state index contributed by atoms with van der Waals surface area (Å²) >= 11 is 0. The van der Waals surface area contributed by atoms with Gasteiger partial charge in [-0.3, -0.25) is 9.36 Å². The lowest BCUT2D eigenvalue weighted by Gasteiger charge is -2.12. The van der Waals surface area contributed by atoms with Crippen molar-refractivity contribution in [1.29, 1.82) is 0 Å². The Hall–Kier alpha value is -2.64. The molecule has 0 saturated heterocycles. The molecule has 1 aromatic carbocycles. The molecule has 5 nitrogen and oxygen atoms in total. The third kappa shape index (κ3) is 2.40. The topological polar surface area (TPSA) is 82.7 Å². The zero-order valence-electron chi connectivity index (χ0n) is 9.72. The van der Waals surface area contributed by atoms with Crippen molar-refractivity contribution < 1.29 is 28.5 Å². The largest absolute Gasteiger partial charge is 0.504 e. The minimum absolute atomic E-state index is 0.214. The molecule has 0 radical (unpaired) electrons. The first-order valence-corrected chi connectivity index (χ1v) is 5.25. The quantitative estimate of drug-likeness (QED) is 0.700. The second-order valence-corrected chi connectivity index (χ2v) is 3.96. The van der Waals surface area contributed by atoms with Crippen molar-refractivity contribution >= 4 is 0 Å². The van der Waals surface area contributed by atoms with E-state index in [0.717, 1.165) is 12.1 Å². The van der Waals surface area contributed by atoms with Gasteiger partial charge in [-0.15, -0.1) is 0 Å². The molecule has 3 N–H and O–H groups in total. The van der Waals surface area contributed by atoms with Gasteiger partial charge in [-0.2, -0.15) is 13.2 Å². The van der Waals surface area contributed by atoms with Gasteiger partial charge in [0.1, 0.15) is 0 Å². The highest BCUT2D eigenvalue weighted by Crippen LogP contribution is 2.36. The SMILES string of the molecule is O=c1ccc(C(F)(F)F)cn1-c1cc(O)c(O)c(O)c1. The Kier molecular flexibility index (Phi) is 3.09. The van der Waals surface area contributed by atoms with Crippen LogP contribution in [0.15, 0.2) is 35.3 Å². The molecule has 2 rings (SSSR count). The van der Waals surface area contributed by atoms with Crippen LogP contribution >= 0.6 is 0 Å². The molecule has 0 atom stereocenters. The third-order valence-electron chi connectivity index (χ3n) is 2.57. The van der Waals surface area contributed by atoms with E-state index in [0.29, 0.717) is 22.9 Å². The van der Waals surface area contributed by atoms with Crippen LogP contribution in [-0.4, -0.2) is 19.9 Å². The van der Waals surface area contributed by atoms with Gasteiger partial charge in [0.2, 0.25) is 0 Å². The van der Waals surface area contributed by atoms with E-state index in [-0.39, 0.29) is 5.69 Å². The number of phenols is 3. The van der Waals surface area contributed by atoms with Gasteiger partial charge in [-0.05, 0) is 6.07 Å². The van der Waals surface area contributed by atoms with Crippen LogP contribution in [0.3, 0.4) is 0 Å². The van der Waals surface area contributed by atoms with E-state index < -0.39 is 34.5 Å². The van der Waals surface area contributed by atoms with Crippen LogP contribution in [0, 0.1) is 0 Å². The molecule has 20 heavy (non-hydrogen) atoms. The summed E-state index contributed by atoms with van der Waals surface area (Å²) in [6, 6.07) is 3.05. The monoisotopic (exact) mass is 287 g/mol. The van der Waals surface area contributed by atoms with Crippen molar-refractivity contribution in [2.24, 2.45) is 0 Å². The smallest absolute Gasteiger partial charge is 0.417 e. The fourth-order valence-corrected chi connectivity index (χ4v) is 1.59. The molecular formula is C12H8F3NO4. The minimum atomic E-state index is -4.64. The van der Waals surface area contributed by atoms with Crippen LogP contribution < -0.4 is 5.56 Å². The Bertz CT molecular complexity index is 698. The summed E-state index contributed by atoms with van der Waals surface area (Å²) in [7, 11) is 0. The number of hydrogen-bond acceptors (Lipinski definition) is 4. The van der Waals surface area contributed by atoms with Crippen molar-refractivity contribution in [3.8, 4) is 22.9 Å². The van der Waals surface area contributed by atoms with E-state index >= 15 is 0 Å². The summed E-state index contributed by atoms with van der Waals surface area (Å²) in [6.07, 6.45) is -4.11. The summed E-state index contributed by atoms with van der Waals surface area (Å²) in [5.41, 5.74) is -2.07. The lowest BCUT2D eigenvalue weighted by Crippen LogP contribution is -2.19. The van der Waals surface area contributed by atoms with Crippen molar-refractivity contribution in [1.82, 2.24) is 4.57 Å². The van der Waals surface area contributed by atoms with Gasteiger partial charge in [0, 0.05) is 24.4 Å². The highest BCUT2D eigenvalue weighted by atomic mass is 19.4. The summed E-state index contributed by atoms with van der Waals surface area (Å²) in [6.45, 7) is 0. The number of halogens is 3. The summed E-state index contributed by atoms with van der Waals surface area (Å²) in [4.78, 5) is 11.6. The molecule has 0 aliphatic carbocycles. The van der Waals surface area contributed by atoms with Gasteiger partial charge < -0.3 is 15.3 Å². The number of benzene rings is 1. The average Bonchev–Trinajstić information content (AvgIpc) is 2.34. The molecule has 0 fully saturated rings. The number of aromatic nitrogens is 1. The van der Waals surface area contributed by atoms with Gasteiger partial charge >= 0.3 is 6.18 Å². The zero-order valence-corrected chi connectivity index (χ0v) is 9.72. The van der Waals surface area contributed by atoms with Crippen molar-refractivity contribution in [3.63, 3.8) is 0 Å². The maximum atomic E-state index is 12.6. The molecule has 0 bridgehead atoms. The lowest BCUT2D eigenvalue weighted by molar-refractivity contribution is -0.138. The predicted molar refractivity (Wildman–Crippen MR) is 62.0 cm³/mol. The van der Waals surface area contributed by atoms with Crippen LogP contribution in [-0.2, 0) is 6.18 Å². The van der Waals surface area contributed by atoms with Gasteiger partial charge in [-0.1, -0.05) is 0 Å². The molecule has 106 valence electrons. The van der Waals surface area contributed by atoms with Crippen LogP contribution in [0.5, 0.6) is 17.2 Å². The Morgan fingerprint density at radius 2 is 1.55 bits per heavy atom. The molecule has 8 heteroatoms. The molecule has 0 amide bonds. The molecule has 1 aromatic heterocycles. The number of phenolic OH excluding ortho intramolecular Hbond substituents is 3. The van der Waals surface area contributed by atoms with Crippen molar-refractivity contribution in [3.05, 3.63) is 46.4 Å². The van der Waals surface area contributed by atoms with E-state index in [1.165, 1.54) is 0 Å². The normalized spacial score (nSPS) is 11.6. The summed E-state index contributed by atoms with van der Waals surface area (Å²) < 4.78 is 38.4. The highest BCUT2D eigenvalue weighted by Gasteiger charge is 2.31.